The number of hydrogen-bond acceptors (Lipinski definition) is 4. The summed E-state index contributed by atoms with van der Waals surface area (Å²) in [5.74, 6) is 1.96. The number of nitrogens with one attached hydrogen (secondary N) is 1. The molecular weight excluding hydrogens is 238 g/mol. The summed E-state index contributed by atoms with van der Waals surface area (Å²) in [6, 6.07) is 8.33. The maximum absolute atomic E-state index is 5.42. The first-order valence-electron chi connectivity index (χ1n) is 6.90. The van der Waals surface area contributed by atoms with Crippen LogP contribution in [0.15, 0.2) is 28.8 Å². The highest BCUT2D eigenvalue weighted by Gasteiger charge is 2.21. The molecule has 0 aliphatic carbocycles. The molecule has 0 bridgehead atoms. The smallest absolute Gasteiger partial charge is 0.231 e. The first-order chi connectivity index (χ1) is 9.33. The lowest BCUT2D eigenvalue weighted by atomic mass is 10.00. The van der Waals surface area contributed by atoms with Gasteiger partial charge in [-0.3, -0.25) is 0 Å². The van der Waals surface area contributed by atoms with E-state index in [9.17, 15) is 0 Å². The molecule has 1 aliphatic heterocycles. The minimum absolute atomic E-state index is 0.381. The maximum Gasteiger partial charge on any atom is 0.231 e. The molecule has 0 amide bonds. The van der Waals surface area contributed by atoms with Crippen molar-refractivity contribution in [2.75, 3.05) is 13.1 Å². The Hall–Kier alpha value is -1.68. The fourth-order valence-corrected chi connectivity index (χ4v) is 2.55. The van der Waals surface area contributed by atoms with Crippen LogP contribution in [0.2, 0.25) is 0 Å². The third-order valence-electron chi connectivity index (χ3n) is 3.74. The summed E-state index contributed by atoms with van der Waals surface area (Å²) < 4.78 is 5.42. The summed E-state index contributed by atoms with van der Waals surface area (Å²) in [5.41, 5.74) is 2.53. The van der Waals surface area contributed by atoms with Crippen molar-refractivity contribution in [3.05, 3.63) is 47.1 Å². The molecule has 1 atom stereocenters. The Morgan fingerprint density at radius 3 is 3.05 bits per heavy atom. The number of aromatic nitrogens is 2. The summed E-state index contributed by atoms with van der Waals surface area (Å²) in [5, 5.41) is 7.49. The van der Waals surface area contributed by atoms with Crippen LogP contribution in [-0.2, 0) is 6.42 Å². The second-order valence-electron chi connectivity index (χ2n) is 5.20. The Morgan fingerprint density at radius 2 is 2.26 bits per heavy atom. The number of aryl methyl sites for hydroxylation is 1. The minimum atomic E-state index is 0.381. The molecule has 100 valence electrons. The summed E-state index contributed by atoms with van der Waals surface area (Å²) in [4.78, 5) is 4.55. The van der Waals surface area contributed by atoms with Gasteiger partial charge in [0, 0.05) is 13.0 Å². The van der Waals surface area contributed by atoms with E-state index in [2.05, 4.69) is 34.5 Å². The van der Waals surface area contributed by atoms with E-state index in [0.29, 0.717) is 5.92 Å². The molecule has 1 saturated heterocycles. The van der Waals surface area contributed by atoms with Gasteiger partial charge in [-0.15, -0.1) is 0 Å². The normalized spacial score (nSPS) is 19.5. The molecule has 2 heterocycles. The van der Waals surface area contributed by atoms with Crippen molar-refractivity contribution in [3.8, 4) is 0 Å². The van der Waals surface area contributed by atoms with Gasteiger partial charge in [0.15, 0.2) is 5.82 Å². The zero-order chi connectivity index (χ0) is 13.1. The van der Waals surface area contributed by atoms with Gasteiger partial charge in [-0.1, -0.05) is 29.4 Å². The van der Waals surface area contributed by atoms with Crippen LogP contribution >= 0.6 is 0 Å². The lowest BCUT2D eigenvalue weighted by Crippen LogP contribution is -2.28. The number of piperidine rings is 1. The standard InChI is InChI=1S/C15H19N3O/c1-11-5-2-3-6-12(11)9-14-17-15(19-18-14)13-7-4-8-16-10-13/h2-3,5-6,13,16H,4,7-10H2,1H3. The fourth-order valence-electron chi connectivity index (χ4n) is 2.55. The summed E-state index contributed by atoms with van der Waals surface area (Å²) in [7, 11) is 0. The predicted molar refractivity (Wildman–Crippen MR) is 73.1 cm³/mol. The van der Waals surface area contributed by atoms with Crippen LogP contribution in [0.3, 0.4) is 0 Å². The Bertz CT molecular complexity index is 544. The molecule has 1 aromatic heterocycles. The van der Waals surface area contributed by atoms with Crippen molar-refractivity contribution >= 4 is 0 Å². The van der Waals surface area contributed by atoms with Crippen LogP contribution in [0.25, 0.3) is 0 Å². The molecule has 2 aromatic rings. The Balaban J connectivity index is 1.73. The van der Waals surface area contributed by atoms with Gasteiger partial charge in [0.2, 0.25) is 5.89 Å². The highest BCUT2D eigenvalue weighted by Crippen LogP contribution is 2.22. The minimum Gasteiger partial charge on any atom is -0.339 e. The van der Waals surface area contributed by atoms with Crippen LogP contribution in [0, 0.1) is 6.92 Å². The average Bonchev–Trinajstić information content (AvgIpc) is 2.91. The maximum atomic E-state index is 5.42. The van der Waals surface area contributed by atoms with Gasteiger partial charge in [0.25, 0.3) is 0 Å². The number of nitrogens with zero attached hydrogens (tertiary/aromatic N) is 2. The van der Waals surface area contributed by atoms with E-state index in [1.165, 1.54) is 17.5 Å². The molecule has 3 rings (SSSR count). The quantitative estimate of drug-likeness (QED) is 0.917. The zero-order valence-electron chi connectivity index (χ0n) is 11.2. The van der Waals surface area contributed by atoms with E-state index in [1.807, 2.05) is 12.1 Å². The van der Waals surface area contributed by atoms with Crippen LogP contribution in [0.4, 0.5) is 0 Å². The molecule has 4 heteroatoms. The largest absolute Gasteiger partial charge is 0.339 e. The second kappa shape index (κ2) is 5.53. The Morgan fingerprint density at radius 1 is 1.37 bits per heavy atom. The van der Waals surface area contributed by atoms with Crippen molar-refractivity contribution in [1.82, 2.24) is 15.5 Å². The van der Waals surface area contributed by atoms with Crippen molar-refractivity contribution in [2.45, 2.75) is 32.1 Å². The van der Waals surface area contributed by atoms with E-state index < -0.39 is 0 Å². The molecule has 1 aromatic carbocycles. The van der Waals surface area contributed by atoms with Crippen LogP contribution in [-0.4, -0.2) is 23.2 Å². The van der Waals surface area contributed by atoms with Gasteiger partial charge in [-0.05, 0) is 37.4 Å². The number of rotatable bonds is 3. The van der Waals surface area contributed by atoms with Crippen LogP contribution in [0.5, 0.6) is 0 Å². The van der Waals surface area contributed by atoms with E-state index in [-0.39, 0.29) is 0 Å². The molecule has 1 N–H and O–H groups in total. The molecular formula is C15H19N3O. The van der Waals surface area contributed by atoms with E-state index in [0.717, 1.165) is 37.6 Å². The highest BCUT2D eigenvalue weighted by atomic mass is 16.5. The van der Waals surface area contributed by atoms with Crippen LogP contribution in [0.1, 0.15) is 41.6 Å². The molecule has 0 saturated carbocycles. The van der Waals surface area contributed by atoms with Gasteiger partial charge in [-0.25, -0.2) is 0 Å². The third-order valence-corrected chi connectivity index (χ3v) is 3.74. The van der Waals surface area contributed by atoms with Gasteiger partial charge < -0.3 is 9.84 Å². The zero-order valence-corrected chi connectivity index (χ0v) is 11.2. The van der Waals surface area contributed by atoms with Gasteiger partial charge >= 0.3 is 0 Å². The van der Waals surface area contributed by atoms with E-state index >= 15 is 0 Å². The summed E-state index contributed by atoms with van der Waals surface area (Å²) in [6.07, 6.45) is 3.06. The SMILES string of the molecule is Cc1ccccc1Cc1noc(C2CCCNC2)n1. The number of benzene rings is 1. The Kier molecular flexibility index (Phi) is 3.60. The molecule has 1 fully saturated rings. The second-order valence-corrected chi connectivity index (χ2v) is 5.20. The lowest BCUT2D eigenvalue weighted by molar-refractivity contribution is 0.320. The molecule has 1 unspecified atom stereocenters. The lowest BCUT2D eigenvalue weighted by Gasteiger charge is -2.18. The molecule has 0 radical (unpaired) electrons. The molecule has 4 nitrogen and oxygen atoms in total. The van der Waals surface area contributed by atoms with Crippen molar-refractivity contribution < 1.29 is 4.52 Å². The van der Waals surface area contributed by atoms with E-state index in [4.69, 9.17) is 4.52 Å². The van der Waals surface area contributed by atoms with Gasteiger partial charge in [-0.2, -0.15) is 4.98 Å². The average molecular weight is 257 g/mol. The highest BCUT2D eigenvalue weighted by molar-refractivity contribution is 5.28. The topological polar surface area (TPSA) is 51.0 Å². The molecule has 0 spiro atoms. The molecule has 19 heavy (non-hydrogen) atoms. The van der Waals surface area contributed by atoms with Crippen LogP contribution < -0.4 is 5.32 Å². The number of hydrogen-bond donors (Lipinski definition) is 1. The van der Waals surface area contributed by atoms with Crippen molar-refractivity contribution in [3.63, 3.8) is 0 Å². The first kappa shape index (κ1) is 12.4. The Labute approximate surface area is 113 Å². The van der Waals surface area contributed by atoms with E-state index in [1.54, 1.807) is 0 Å². The molecule has 1 aliphatic rings. The summed E-state index contributed by atoms with van der Waals surface area (Å²) >= 11 is 0. The first-order valence-corrected chi connectivity index (χ1v) is 6.90. The van der Waals surface area contributed by atoms with Crippen molar-refractivity contribution in [1.29, 1.82) is 0 Å². The van der Waals surface area contributed by atoms with Crippen molar-refractivity contribution in [2.24, 2.45) is 0 Å². The summed E-state index contributed by atoms with van der Waals surface area (Å²) in [6.45, 7) is 4.16. The third kappa shape index (κ3) is 2.84. The predicted octanol–water partition coefficient (Wildman–Crippen LogP) is 2.44. The monoisotopic (exact) mass is 257 g/mol. The van der Waals surface area contributed by atoms with Gasteiger partial charge in [0.05, 0.1) is 5.92 Å². The van der Waals surface area contributed by atoms with Gasteiger partial charge in [0.1, 0.15) is 0 Å². The fraction of sp³-hybridized carbons (Fsp3) is 0.467.